The van der Waals surface area contributed by atoms with Gasteiger partial charge >= 0.3 is 0 Å². The van der Waals surface area contributed by atoms with Gasteiger partial charge in [-0.05, 0) is 23.3 Å². The highest BCUT2D eigenvalue weighted by molar-refractivity contribution is 6.30. The molecule has 0 aliphatic rings. The number of anilines is 2. The molecule has 26 heavy (non-hydrogen) atoms. The largest absolute Gasteiger partial charge is 0.364 e. The van der Waals surface area contributed by atoms with E-state index in [1.807, 2.05) is 42.5 Å². The summed E-state index contributed by atoms with van der Waals surface area (Å²) < 4.78 is 0. The molecule has 2 aromatic carbocycles. The summed E-state index contributed by atoms with van der Waals surface area (Å²) in [6.07, 6.45) is 1.62. The Morgan fingerprint density at radius 1 is 0.846 bits per heavy atom. The number of halogens is 1. The van der Waals surface area contributed by atoms with Gasteiger partial charge in [-0.3, -0.25) is 0 Å². The van der Waals surface area contributed by atoms with Gasteiger partial charge in [-0.15, -0.1) is 0 Å². The van der Waals surface area contributed by atoms with Gasteiger partial charge in [-0.1, -0.05) is 54.1 Å². The molecule has 0 aliphatic heterocycles. The van der Waals surface area contributed by atoms with Crippen molar-refractivity contribution >= 4 is 34.5 Å². The van der Waals surface area contributed by atoms with E-state index in [4.69, 9.17) is 11.6 Å². The van der Waals surface area contributed by atoms with Crippen LogP contribution in [0, 0.1) is 0 Å². The molecule has 4 rings (SSSR count). The van der Waals surface area contributed by atoms with Crippen LogP contribution >= 0.6 is 11.6 Å². The fourth-order valence-electron chi connectivity index (χ4n) is 2.61. The first-order valence-corrected chi connectivity index (χ1v) is 8.63. The van der Waals surface area contributed by atoms with Crippen LogP contribution in [0.3, 0.4) is 0 Å². The van der Waals surface area contributed by atoms with Crippen LogP contribution in [0.25, 0.3) is 11.2 Å². The van der Waals surface area contributed by atoms with Crippen LogP contribution in [0.1, 0.15) is 11.1 Å². The summed E-state index contributed by atoms with van der Waals surface area (Å²) in [5.74, 6) is 1.24. The van der Waals surface area contributed by atoms with Gasteiger partial charge in [0.2, 0.25) is 5.95 Å². The lowest BCUT2D eigenvalue weighted by molar-refractivity contribution is 1.05. The average Bonchev–Trinajstić information content (AvgIpc) is 3.15. The molecule has 2 aromatic heterocycles. The van der Waals surface area contributed by atoms with Gasteiger partial charge in [0.25, 0.3) is 0 Å². The summed E-state index contributed by atoms with van der Waals surface area (Å²) in [5, 5.41) is 7.32. The van der Waals surface area contributed by atoms with Crippen LogP contribution in [0.5, 0.6) is 0 Å². The third-order valence-corrected chi connectivity index (χ3v) is 4.20. The molecule has 130 valence electrons. The molecule has 7 heteroatoms. The van der Waals surface area contributed by atoms with E-state index in [2.05, 4.69) is 42.7 Å². The molecule has 4 aromatic rings. The van der Waals surface area contributed by atoms with Crippen molar-refractivity contribution in [3.63, 3.8) is 0 Å². The van der Waals surface area contributed by atoms with Crippen molar-refractivity contribution in [3.8, 4) is 0 Å². The molecule has 0 aliphatic carbocycles. The van der Waals surface area contributed by atoms with Gasteiger partial charge in [-0.2, -0.15) is 9.97 Å². The third kappa shape index (κ3) is 3.75. The Kier molecular flexibility index (Phi) is 4.66. The Morgan fingerprint density at radius 3 is 2.38 bits per heavy atom. The maximum absolute atomic E-state index is 5.92. The van der Waals surface area contributed by atoms with Crippen molar-refractivity contribution < 1.29 is 0 Å². The summed E-state index contributed by atoms with van der Waals surface area (Å²) >= 11 is 5.92. The molecule has 0 radical (unpaired) electrons. The molecule has 0 saturated heterocycles. The van der Waals surface area contributed by atoms with Gasteiger partial charge in [0.1, 0.15) is 5.52 Å². The lowest BCUT2D eigenvalue weighted by Gasteiger charge is -2.10. The van der Waals surface area contributed by atoms with E-state index in [1.165, 1.54) is 5.56 Å². The molecule has 0 fully saturated rings. The minimum Gasteiger partial charge on any atom is -0.364 e. The maximum atomic E-state index is 5.92. The molecular formula is C19H17ClN6. The predicted octanol–water partition coefficient (Wildman–Crippen LogP) is 4.23. The molecule has 0 unspecified atom stereocenters. The molecule has 3 N–H and O–H groups in total. The Bertz CT molecular complexity index is 998. The molecule has 6 nitrogen and oxygen atoms in total. The number of hydrogen-bond acceptors (Lipinski definition) is 5. The second-order valence-corrected chi connectivity index (χ2v) is 6.25. The van der Waals surface area contributed by atoms with Crippen molar-refractivity contribution in [1.82, 2.24) is 19.9 Å². The van der Waals surface area contributed by atoms with Crippen LogP contribution in [0.4, 0.5) is 11.8 Å². The van der Waals surface area contributed by atoms with Gasteiger partial charge in [0.15, 0.2) is 11.5 Å². The van der Waals surface area contributed by atoms with E-state index in [1.54, 1.807) is 6.33 Å². The number of aromatic nitrogens is 4. The second-order valence-electron chi connectivity index (χ2n) is 5.82. The topological polar surface area (TPSA) is 78.5 Å². The fraction of sp³-hybridized carbons (Fsp3) is 0.105. The van der Waals surface area contributed by atoms with E-state index in [0.717, 1.165) is 21.9 Å². The van der Waals surface area contributed by atoms with Crippen molar-refractivity contribution in [2.75, 3.05) is 10.6 Å². The lowest BCUT2D eigenvalue weighted by Crippen LogP contribution is -2.08. The van der Waals surface area contributed by atoms with E-state index < -0.39 is 0 Å². The normalized spacial score (nSPS) is 10.8. The molecule has 0 saturated carbocycles. The number of benzene rings is 2. The number of fused-ring (bicyclic) bond motifs is 1. The molecular weight excluding hydrogens is 348 g/mol. The van der Waals surface area contributed by atoms with Gasteiger partial charge in [0.05, 0.1) is 6.33 Å². The zero-order chi connectivity index (χ0) is 17.8. The van der Waals surface area contributed by atoms with Crippen LogP contribution in [0.15, 0.2) is 60.9 Å². The van der Waals surface area contributed by atoms with Crippen molar-refractivity contribution in [3.05, 3.63) is 77.1 Å². The quantitative estimate of drug-likeness (QED) is 0.477. The van der Waals surface area contributed by atoms with E-state index in [9.17, 15) is 0 Å². The standard InChI is InChI=1S/C19H17ClN6/c20-15-8-6-14(7-9-15)11-22-19-25-17(16-18(26-19)24-12-23-16)21-10-13-4-2-1-3-5-13/h1-9,12H,10-11H2,(H3,21,22,23,24,25,26). The smallest absolute Gasteiger partial charge is 0.227 e. The number of hydrogen-bond donors (Lipinski definition) is 3. The van der Waals surface area contributed by atoms with Gasteiger partial charge < -0.3 is 15.6 Å². The SMILES string of the molecule is Clc1ccc(CNc2nc(NCc3ccccc3)c3[nH]cnc3n2)cc1. The second kappa shape index (κ2) is 7.41. The number of nitrogens with one attached hydrogen (secondary N) is 3. The number of aromatic amines is 1. The minimum absolute atomic E-state index is 0.523. The van der Waals surface area contributed by atoms with E-state index in [0.29, 0.717) is 24.7 Å². The summed E-state index contributed by atoms with van der Waals surface area (Å²) in [6.45, 7) is 1.27. The van der Waals surface area contributed by atoms with Crippen LogP contribution in [-0.2, 0) is 13.1 Å². The number of imidazole rings is 1. The maximum Gasteiger partial charge on any atom is 0.227 e. The van der Waals surface area contributed by atoms with Gasteiger partial charge in [-0.25, -0.2) is 4.98 Å². The highest BCUT2D eigenvalue weighted by Gasteiger charge is 2.10. The molecule has 0 bridgehead atoms. The number of rotatable bonds is 6. The lowest BCUT2D eigenvalue weighted by atomic mass is 10.2. The fourth-order valence-corrected chi connectivity index (χ4v) is 2.73. The summed E-state index contributed by atoms with van der Waals surface area (Å²) in [4.78, 5) is 16.4. The van der Waals surface area contributed by atoms with Crippen LogP contribution in [0.2, 0.25) is 5.02 Å². The van der Waals surface area contributed by atoms with E-state index >= 15 is 0 Å². The number of H-pyrrole nitrogens is 1. The highest BCUT2D eigenvalue weighted by atomic mass is 35.5. The zero-order valence-electron chi connectivity index (χ0n) is 13.9. The van der Waals surface area contributed by atoms with Crippen molar-refractivity contribution in [1.29, 1.82) is 0 Å². The zero-order valence-corrected chi connectivity index (χ0v) is 14.7. The van der Waals surface area contributed by atoms with E-state index in [-0.39, 0.29) is 0 Å². The Hall–Kier alpha value is -3.12. The van der Waals surface area contributed by atoms with Crippen molar-refractivity contribution in [2.45, 2.75) is 13.1 Å². The van der Waals surface area contributed by atoms with Crippen LogP contribution in [-0.4, -0.2) is 19.9 Å². The highest BCUT2D eigenvalue weighted by Crippen LogP contribution is 2.20. The molecule has 2 heterocycles. The first kappa shape index (κ1) is 16.4. The van der Waals surface area contributed by atoms with Gasteiger partial charge in [0, 0.05) is 18.1 Å². The van der Waals surface area contributed by atoms with Crippen molar-refractivity contribution in [2.24, 2.45) is 0 Å². The van der Waals surface area contributed by atoms with Crippen LogP contribution < -0.4 is 10.6 Å². The summed E-state index contributed by atoms with van der Waals surface area (Å²) in [6, 6.07) is 17.8. The molecule has 0 spiro atoms. The average molecular weight is 365 g/mol. The molecule has 0 amide bonds. The Balaban J connectivity index is 1.53. The first-order valence-electron chi connectivity index (χ1n) is 8.25. The summed E-state index contributed by atoms with van der Waals surface area (Å²) in [5.41, 5.74) is 3.68. The number of nitrogens with zero attached hydrogens (tertiary/aromatic N) is 3. The predicted molar refractivity (Wildman–Crippen MR) is 104 cm³/mol. The Morgan fingerprint density at radius 2 is 1.58 bits per heavy atom. The minimum atomic E-state index is 0.523. The first-order chi connectivity index (χ1) is 12.8. The monoisotopic (exact) mass is 364 g/mol. The Labute approximate surface area is 155 Å². The molecule has 0 atom stereocenters. The summed E-state index contributed by atoms with van der Waals surface area (Å²) in [7, 11) is 0. The third-order valence-electron chi connectivity index (χ3n) is 3.95.